The summed E-state index contributed by atoms with van der Waals surface area (Å²) in [5.74, 6) is 3.08. The lowest BCUT2D eigenvalue weighted by molar-refractivity contribution is 0.271. The number of rotatable bonds is 2. The minimum Gasteiger partial charge on any atom is -0.303 e. The van der Waals surface area contributed by atoms with Crippen LogP contribution in [0.25, 0.3) is 0 Å². The maximum Gasteiger partial charge on any atom is 0.00131 e. The molecule has 0 aromatic carbocycles. The second-order valence-electron chi connectivity index (χ2n) is 4.37. The first kappa shape index (κ1) is 6.66. The molecule has 1 nitrogen and oxygen atoms in total. The number of hydrogen-bond acceptors (Lipinski definition) is 1. The van der Waals surface area contributed by atoms with Crippen molar-refractivity contribution in [3.8, 4) is 0 Å². The standard InChI is InChI=1S/C9H17N/c1-7(2)4-10-5-8-3-9(8)6-10/h7-9H,3-6H2,1-2H3. The fraction of sp³-hybridized carbons (Fsp3) is 1.00. The molecule has 1 heteroatoms. The first-order valence-corrected chi connectivity index (χ1v) is 4.48. The molecule has 0 radical (unpaired) electrons. The van der Waals surface area contributed by atoms with Crippen LogP contribution in [-0.2, 0) is 0 Å². The van der Waals surface area contributed by atoms with Gasteiger partial charge in [0.25, 0.3) is 0 Å². The lowest BCUT2D eigenvalue weighted by Crippen LogP contribution is -2.26. The first-order chi connectivity index (χ1) is 4.75. The van der Waals surface area contributed by atoms with Crippen LogP contribution in [0.1, 0.15) is 20.3 Å². The van der Waals surface area contributed by atoms with Gasteiger partial charge in [0.1, 0.15) is 0 Å². The predicted octanol–water partition coefficient (Wildman–Crippen LogP) is 1.59. The smallest absolute Gasteiger partial charge is 0.00131 e. The summed E-state index contributed by atoms with van der Waals surface area (Å²) in [5, 5.41) is 0. The molecule has 0 N–H and O–H groups in total. The highest BCUT2D eigenvalue weighted by atomic mass is 15.2. The molecule has 0 spiro atoms. The molecule has 58 valence electrons. The van der Waals surface area contributed by atoms with Crippen molar-refractivity contribution in [1.29, 1.82) is 0 Å². The van der Waals surface area contributed by atoms with Crippen molar-refractivity contribution in [1.82, 2.24) is 4.90 Å². The Morgan fingerprint density at radius 2 is 1.90 bits per heavy atom. The number of likely N-dealkylation sites (tertiary alicyclic amines) is 1. The molecular weight excluding hydrogens is 122 g/mol. The molecule has 2 atom stereocenters. The van der Waals surface area contributed by atoms with E-state index in [9.17, 15) is 0 Å². The normalized spacial score (nSPS) is 38.7. The zero-order valence-corrected chi connectivity index (χ0v) is 7.01. The van der Waals surface area contributed by atoms with Crippen molar-refractivity contribution in [3.63, 3.8) is 0 Å². The number of fused-ring (bicyclic) bond motifs is 1. The van der Waals surface area contributed by atoms with Gasteiger partial charge in [-0.2, -0.15) is 0 Å². The molecule has 1 heterocycles. The summed E-state index contributed by atoms with van der Waals surface area (Å²) in [6.07, 6.45) is 1.54. The summed E-state index contributed by atoms with van der Waals surface area (Å²) >= 11 is 0. The molecule has 2 unspecified atom stereocenters. The van der Waals surface area contributed by atoms with Gasteiger partial charge < -0.3 is 4.90 Å². The van der Waals surface area contributed by atoms with Crippen LogP contribution in [0, 0.1) is 17.8 Å². The van der Waals surface area contributed by atoms with Crippen molar-refractivity contribution >= 4 is 0 Å². The van der Waals surface area contributed by atoms with Gasteiger partial charge in [-0.25, -0.2) is 0 Å². The van der Waals surface area contributed by atoms with E-state index >= 15 is 0 Å². The summed E-state index contributed by atoms with van der Waals surface area (Å²) in [6, 6.07) is 0. The minimum absolute atomic E-state index is 0.859. The summed E-state index contributed by atoms with van der Waals surface area (Å²) in [7, 11) is 0. The fourth-order valence-corrected chi connectivity index (χ4v) is 2.16. The van der Waals surface area contributed by atoms with E-state index in [1.165, 1.54) is 26.1 Å². The van der Waals surface area contributed by atoms with Crippen molar-refractivity contribution in [2.45, 2.75) is 20.3 Å². The average Bonchev–Trinajstić information content (AvgIpc) is 2.39. The molecule has 2 rings (SSSR count). The Kier molecular flexibility index (Phi) is 1.48. The summed E-state index contributed by atoms with van der Waals surface area (Å²) < 4.78 is 0. The van der Waals surface area contributed by atoms with Gasteiger partial charge in [0.15, 0.2) is 0 Å². The van der Waals surface area contributed by atoms with E-state index in [0.717, 1.165) is 17.8 Å². The van der Waals surface area contributed by atoms with Crippen LogP contribution in [0.3, 0.4) is 0 Å². The average molecular weight is 139 g/mol. The van der Waals surface area contributed by atoms with Crippen molar-refractivity contribution < 1.29 is 0 Å². The maximum absolute atomic E-state index is 2.63. The molecule has 10 heavy (non-hydrogen) atoms. The first-order valence-electron chi connectivity index (χ1n) is 4.48. The van der Waals surface area contributed by atoms with Crippen LogP contribution in [0.5, 0.6) is 0 Å². The number of hydrogen-bond donors (Lipinski definition) is 0. The zero-order valence-electron chi connectivity index (χ0n) is 7.01. The van der Waals surface area contributed by atoms with Gasteiger partial charge >= 0.3 is 0 Å². The second kappa shape index (κ2) is 2.23. The quantitative estimate of drug-likeness (QED) is 0.561. The lowest BCUT2D eigenvalue weighted by Gasteiger charge is -2.19. The van der Waals surface area contributed by atoms with Crippen molar-refractivity contribution in [3.05, 3.63) is 0 Å². The molecule has 2 fully saturated rings. The topological polar surface area (TPSA) is 3.24 Å². The van der Waals surface area contributed by atoms with Crippen LogP contribution < -0.4 is 0 Å². The Morgan fingerprint density at radius 1 is 1.30 bits per heavy atom. The Hall–Kier alpha value is -0.0400. The van der Waals surface area contributed by atoms with Gasteiger partial charge in [-0.3, -0.25) is 0 Å². The third kappa shape index (κ3) is 1.20. The van der Waals surface area contributed by atoms with Gasteiger partial charge in [-0.05, 0) is 24.2 Å². The molecule has 0 bridgehead atoms. The Bertz CT molecular complexity index is 121. The van der Waals surface area contributed by atoms with Crippen molar-refractivity contribution in [2.75, 3.05) is 19.6 Å². The highest BCUT2D eigenvalue weighted by Gasteiger charge is 2.44. The predicted molar refractivity (Wildman–Crippen MR) is 42.9 cm³/mol. The van der Waals surface area contributed by atoms with E-state index in [1.54, 1.807) is 0 Å². The molecule has 1 saturated heterocycles. The number of nitrogens with zero attached hydrogens (tertiary/aromatic N) is 1. The molecule has 0 amide bonds. The van der Waals surface area contributed by atoms with E-state index in [2.05, 4.69) is 18.7 Å². The second-order valence-corrected chi connectivity index (χ2v) is 4.37. The fourth-order valence-electron chi connectivity index (χ4n) is 2.16. The third-order valence-electron chi connectivity index (χ3n) is 2.68. The highest BCUT2D eigenvalue weighted by molar-refractivity contribution is 4.96. The molecule has 1 aliphatic heterocycles. The van der Waals surface area contributed by atoms with E-state index in [-0.39, 0.29) is 0 Å². The summed E-state index contributed by atoms with van der Waals surface area (Å²) in [6.45, 7) is 8.76. The largest absolute Gasteiger partial charge is 0.303 e. The van der Waals surface area contributed by atoms with Gasteiger partial charge in [-0.15, -0.1) is 0 Å². The van der Waals surface area contributed by atoms with Gasteiger partial charge in [0.2, 0.25) is 0 Å². The van der Waals surface area contributed by atoms with E-state index in [0.29, 0.717) is 0 Å². The van der Waals surface area contributed by atoms with Gasteiger partial charge in [-0.1, -0.05) is 13.8 Å². The Balaban J connectivity index is 1.76. The molecule has 1 aliphatic carbocycles. The molecule has 1 saturated carbocycles. The lowest BCUT2D eigenvalue weighted by atomic mass is 10.2. The van der Waals surface area contributed by atoms with Crippen LogP contribution >= 0.6 is 0 Å². The third-order valence-corrected chi connectivity index (χ3v) is 2.68. The van der Waals surface area contributed by atoms with Gasteiger partial charge in [0.05, 0.1) is 0 Å². The summed E-state index contributed by atoms with van der Waals surface area (Å²) in [5.41, 5.74) is 0. The van der Waals surface area contributed by atoms with Gasteiger partial charge in [0, 0.05) is 19.6 Å². The maximum atomic E-state index is 2.63. The number of piperidine rings is 1. The molecule has 0 aromatic heterocycles. The monoisotopic (exact) mass is 139 g/mol. The van der Waals surface area contributed by atoms with Crippen LogP contribution in [0.2, 0.25) is 0 Å². The van der Waals surface area contributed by atoms with E-state index in [4.69, 9.17) is 0 Å². The zero-order chi connectivity index (χ0) is 7.14. The van der Waals surface area contributed by atoms with Crippen LogP contribution in [-0.4, -0.2) is 24.5 Å². The van der Waals surface area contributed by atoms with E-state index < -0.39 is 0 Å². The highest BCUT2D eigenvalue weighted by Crippen LogP contribution is 2.44. The van der Waals surface area contributed by atoms with Crippen LogP contribution in [0.15, 0.2) is 0 Å². The van der Waals surface area contributed by atoms with E-state index in [1.807, 2.05) is 0 Å². The van der Waals surface area contributed by atoms with Crippen LogP contribution in [0.4, 0.5) is 0 Å². The molecule has 0 aromatic rings. The summed E-state index contributed by atoms with van der Waals surface area (Å²) in [4.78, 5) is 2.63. The molecular formula is C9H17N. The Labute approximate surface area is 63.4 Å². The molecule has 2 aliphatic rings. The Morgan fingerprint density at radius 3 is 2.40 bits per heavy atom. The SMILES string of the molecule is CC(C)CN1CC2CC2C1. The minimum atomic E-state index is 0.859. The van der Waals surface area contributed by atoms with Crippen molar-refractivity contribution in [2.24, 2.45) is 17.8 Å².